The van der Waals surface area contributed by atoms with Crippen LogP contribution in [0.25, 0.3) is 0 Å². The van der Waals surface area contributed by atoms with Gasteiger partial charge in [-0.1, -0.05) is 0 Å². The first-order valence-corrected chi connectivity index (χ1v) is 7.36. The molecular weight excluding hydrogens is 230 g/mol. The van der Waals surface area contributed by atoms with Crippen LogP contribution in [-0.2, 0) is 6.54 Å². The predicted molar refractivity (Wildman–Crippen MR) is 73.5 cm³/mol. The summed E-state index contributed by atoms with van der Waals surface area (Å²) in [6.45, 7) is 9.09. The SMILES string of the molecule is Cc1csc(CN(C)C[C@@H](C)N2CCCC2)n1. The molecule has 4 heteroatoms. The average molecular weight is 253 g/mol. The fourth-order valence-electron chi connectivity index (χ4n) is 2.52. The summed E-state index contributed by atoms with van der Waals surface area (Å²) >= 11 is 1.77. The van der Waals surface area contributed by atoms with Gasteiger partial charge in [-0.05, 0) is 46.8 Å². The standard InChI is InChI=1S/C13H23N3S/c1-11-10-17-13(14-11)9-15(3)8-12(2)16-6-4-5-7-16/h10,12H,4-9H2,1-3H3/t12-/m1/s1. The predicted octanol–water partition coefficient (Wildman–Crippen LogP) is 2.37. The van der Waals surface area contributed by atoms with Gasteiger partial charge in [-0.15, -0.1) is 11.3 Å². The van der Waals surface area contributed by atoms with E-state index in [4.69, 9.17) is 0 Å². The number of hydrogen-bond acceptors (Lipinski definition) is 4. The summed E-state index contributed by atoms with van der Waals surface area (Å²) in [6.07, 6.45) is 2.75. The summed E-state index contributed by atoms with van der Waals surface area (Å²) in [7, 11) is 2.20. The minimum atomic E-state index is 0.670. The summed E-state index contributed by atoms with van der Waals surface area (Å²) in [4.78, 5) is 9.51. The van der Waals surface area contributed by atoms with Crippen LogP contribution in [0.15, 0.2) is 5.38 Å². The van der Waals surface area contributed by atoms with Crippen molar-refractivity contribution in [2.24, 2.45) is 0 Å². The van der Waals surface area contributed by atoms with E-state index in [2.05, 4.69) is 41.1 Å². The van der Waals surface area contributed by atoms with Crippen molar-refractivity contribution in [3.05, 3.63) is 16.1 Å². The maximum absolute atomic E-state index is 4.52. The Bertz CT molecular complexity index is 344. The van der Waals surface area contributed by atoms with E-state index in [0.717, 1.165) is 18.8 Å². The first-order valence-electron chi connectivity index (χ1n) is 6.49. The minimum Gasteiger partial charge on any atom is -0.299 e. The van der Waals surface area contributed by atoms with Gasteiger partial charge in [-0.2, -0.15) is 0 Å². The molecule has 1 saturated heterocycles. The van der Waals surface area contributed by atoms with Crippen molar-refractivity contribution in [3.63, 3.8) is 0 Å². The van der Waals surface area contributed by atoms with Crippen LogP contribution >= 0.6 is 11.3 Å². The zero-order valence-electron chi connectivity index (χ0n) is 11.1. The monoisotopic (exact) mass is 253 g/mol. The lowest BCUT2D eigenvalue weighted by atomic mass is 10.3. The average Bonchev–Trinajstić information content (AvgIpc) is 2.89. The van der Waals surface area contributed by atoms with E-state index in [1.807, 2.05) is 0 Å². The second-order valence-corrected chi connectivity index (χ2v) is 6.11. The maximum atomic E-state index is 4.52. The van der Waals surface area contributed by atoms with E-state index < -0.39 is 0 Å². The fourth-order valence-corrected chi connectivity index (χ4v) is 3.37. The normalized spacial score (nSPS) is 19.1. The first kappa shape index (κ1) is 13.0. The molecular formula is C13H23N3S. The van der Waals surface area contributed by atoms with Crippen molar-refractivity contribution >= 4 is 11.3 Å². The van der Waals surface area contributed by atoms with Gasteiger partial charge in [0.25, 0.3) is 0 Å². The number of aryl methyl sites for hydroxylation is 1. The van der Waals surface area contributed by atoms with E-state index in [9.17, 15) is 0 Å². The third kappa shape index (κ3) is 3.76. The van der Waals surface area contributed by atoms with Crippen molar-refractivity contribution < 1.29 is 0 Å². The number of hydrogen-bond donors (Lipinski definition) is 0. The van der Waals surface area contributed by atoms with Crippen LogP contribution in [0.5, 0.6) is 0 Å². The van der Waals surface area contributed by atoms with Gasteiger partial charge in [0.05, 0.1) is 6.54 Å². The highest BCUT2D eigenvalue weighted by Crippen LogP contribution is 2.14. The summed E-state index contributed by atoms with van der Waals surface area (Å²) < 4.78 is 0. The molecule has 96 valence electrons. The number of thiazole rings is 1. The van der Waals surface area contributed by atoms with Crippen molar-refractivity contribution in [1.82, 2.24) is 14.8 Å². The molecule has 0 amide bonds. The molecule has 0 saturated carbocycles. The van der Waals surface area contributed by atoms with E-state index in [1.54, 1.807) is 11.3 Å². The highest BCUT2D eigenvalue weighted by molar-refractivity contribution is 7.09. The van der Waals surface area contributed by atoms with Crippen molar-refractivity contribution in [2.45, 2.75) is 39.3 Å². The molecule has 1 atom stereocenters. The Hall–Kier alpha value is -0.450. The molecule has 1 aliphatic heterocycles. The van der Waals surface area contributed by atoms with E-state index in [1.165, 1.54) is 30.9 Å². The maximum Gasteiger partial charge on any atom is 0.107 e. The molecule has 2 rings (SSSR count). The molecule has 0 radical (unpaired) electrons. The van der Waals surface area contributed by atoms with Crippen LogP contribution in [0.4, 0.5) is 0 Å². The largest absolute Gasteiger partial charge is 0.299 e. The topological polar surface area (TPSA) is 19.4 Å². The van der Waals surface area contributed by atoms with Crippen LogP contribution in [0.3, 0.4) is 0 Å². The van der Waals surface area contributed by atoms with E-state index in [0.29, 0.717) is 6.04 Å². The molecule has 0 spiro atoms. The smallest absolute Gasteiger partial charge is 0.107 e. The van der Waals surface area contributed by atoms with Gasteiger partial charge in [0.2, 0.25) is 0 Å². The van der Waals surface area contributed by atoms with Crippen LogP contribution < -0.4 is 0 Å². The quantitative estimate of drug-likeness (QED) is 0.803. The zero-order chi connectivity index (χ0) is 12.3. The molecule has 0 aromatic carbocycles. The molecule has 1 aliphatic rings. The highest BCUT2D eigenvalue weighted by atomic mass is 32.1. The zero-order valence-corrected chi connectivity index (χ0v) is 12.0. The molecule has 0 unspecified atom stereocenters. The first-order chi connectivity index (χ1) is 8.15. The number of likely N-dealkylation sites (N-methyl/N-ethyl adjacent to an activating group) is 1. The van der Waals surface area contributed by atoms with Crippen LogP contribution in [0, 0.1) is 6.92 Å². The number of likely N-dealkylation sites (tertiary alicyclic amines) is 1. The molecule has 17 heavy (non-hydrogen) atoms. The van der Waals surface area contributed by atoms with Gasteiger partial charge in [-0.3, -0.25) is 9.80 Å². The number of aromatic nitrogens is 1. The van der Waals surface area contributed by atoms with Gasteiger partial charge in [0, 0.05) is 23.7 Å². The molecule has 3 nitrogen and oxygen atoms in total. The third-order valence-electron chi connectivity index (χ3n) is 3.41. The van der Waals surface area contributed by atoms with Gasteiger partial charge >= 0.3 is 0 Å². The summed E-state index contributed by atoms with van der Waals surface area (Å²) in [5, 5.41) is 3.37. The fraction of sp³-hybridized carbons (Fsp3) is 0.769. The Balaban J connectivity index is 1.78. The lowest BCUT2D eigenvalue weighted by Crippen LogP contribution is -2.39. The molecule has 0 aliphatic carbocycles. The Morgan fingerprint density at radius 1 is 1.47 bits per heavy atom. The lowest BCUT2D eigenvalue weighted by Gasteiger charge is -2.27. The minimum absolute atomic E-state index is 0.670. The molecule has 0 bridgehead atoms. The van der Waals surface area contributed by atoms with Crippen molar-refractivity contribution in [2.75, 3.05) is 26.7 Å². The molecule has 1 fully saturated rings. The van der Waals surface area contributed by atoms with Gasteiger partial charge in [0.1, 0.15) is 5.01 Å². The van der Waals surface area contributed by atoms with E-state index in [-0.39, 0.29) is 0 Å². The molecule has 1 aromatic rings. The molecule has 2 heterocycles. The summed E-state index contributed by atoms with van der Waals surface area (Å²) in [6, 6.07) is 0.670. The molecule has 0 N–H and O–H groups in total. The third-order valence-corrected chi connectivity index (χ3v) is 4.36. The van der Waals surface area contributed by atoms with Crippen LogP contribution in [-0.4, -0.2) is 47.5 Å². The summed E-state index contributed by atoms with van der Waals surface area (Å²) in [5.41, 5.74) is 1.14. The highest BCUT2D eigenvalue weighted by Gasteiger charge is 2.19. The van der Waals surface area contributed by atoms with Crippen LogP contribution in [0.1, 0.15) is 30.5 Å². The Kier molecular flexibility index (Phi) is 4.54. The van der Waals surface area contributed by atoms with Crippen LogP contribution in [0.2, 0.25) is 0 Å². The van der Waals surface area contributed by atoms with Crippen molar-refractivity contribution in [1.29, 1.82) is 0 Å². The van der Waals surface area contributed by atoms with E-state index >= 15 is 0 Å². The second kappa shape index (κ2) is 5.94. The Labute approximate surface area is 108 Å². The van der Waals surface area contributed by atoms with Gasteiger partial charge < -0.3 is 0 Å². The van der Waals surface area contributed by atoms with Crippen molar-refractivity contribution in [3.8, 4) is 0 Å². The Morgan fingerprint density at radius 2 is 2.18 bits per heavy atom. The summed E-state index contributed by atoms with van der Waals surface area (Å²) in [5.74, 6) is 0. The Morgan fingerprint density at radius 3 is 2.76 bits per heavy atom. The van der Waals surface area contributed by atoms with Gasteiger partial charge in [0.15, 0.2) is 0 Å². The number of rotatable bonds is 5. The van der Waals surface area contributed by atoms with Gasteiger partial charge in [-0.25, -0.2) is 4.98 Å². The second-order valence-electron chi connectivity index (χ2n) is 5.17. The molecule has 1 aromatic heterocycles. The lowest BCUT2D eigenvalue weighted by molar-refractivity contribution is 0.188. The number of nitrogens with zero attached hydrogens (tertiary/aromatic N) is 3.